The number of benzene rings is 1. The number of rotatable bonds is 2. The number of hydrogen-bond donors (Lipinski definition) is 0. The molecule has 0 aliphatic heterocycles. The summed E-state index contributed by atoms with van der Waals surface area (Å²) in [6.07, 6.45) is -7.85. The standard InChI is InChI=1S/C10H6ClF5O/c1-4(17)7-6(10(14,15)16)3-2-5(8(7)11)9(12)13/h2-3,9H,1H3. The van der Waals surface area contributed by atoms with Gasteiger partial charge in [-0.05, 0) is 13.0 Å². The van der Waals surface area contributed by atoms with Gasteiger partial charge in [-0.3, -0.25) is 4.79 Å². The van der Waals surface area contributed by atoms with E-state index in [1.165, 1.54) is 0 Å². The van der Waals surface area contributed by atoms with Crippen molar-refractivity contribution in [3.05, 3.63) is 33.8 Å². The Kier molecular flexibility index (Phi) is 3.76. The second-order valence-corrected chi connectivity index (χ2v) is 3.62. The van der Waals surface area contributed by atoms with Crippen LogP contribution in [-0.4, -0.2) is 5.78 Å². The summed E-state index contributed by atoms with van der Waals surface area (Å²) in [5.74, 6) is -1.01. The minimum atomic E-state index is -4.81. The van der Waals surface area contributed by atoms with Crippen molar-refractivity contribution >= 4 is 17.4 Å². The molecule has 0 atom stereocenters. The van der Waals surface area contributed by atoms with Crippen LogP contribution in [0.3, 0.4) is 0 Å². The lowest BCUT2D eigenvalue weighted by Crippen LogP contribution is -2.13. The van der Waals surface area contributed by atoms with Crippen molar-refractivity contribution in [1.29, 1.82) is 0 Å². The van der Waals surface area contributed by atoms with Crippen LogP contribution >= 0.6 is 11.6 Å². The van der Waals surface area contributed by atoms with E-state index >= 15 is 0 Å². The predicted molar refractivity (Wildman–Crippen MR) is 51.4 cm³/mol. The van der Waals surface area contributed by atoms with Crippen molar-refractivity contribution < 1.29 is 26.7 Å². The quantitative estimate of drug-likeness (QED) is 0.572. The second kappa shape index (κ2) is 4.60. The highest BCUT2D eigenvalue weighted by Gasteiger charge is 2.36. The Morgan fingerprint density at radius 3 is 2.18 bits per heavy atom. The third-order valence-corrected chi connectivity index (χ3v) is 2.47. The topological polar surface area (TPSA) is 17.1 Å². The van der Waals surface area contributed by atoms with Crippen LogP contribution in [0.1, 0.15) is 34.8 Å². The molecule has 0 aliphatic rings. The number of carbonyl (C=O) groups is 1. The van der Waals surface area contributed by atoms with Crippen molar-refractivity contribution in [2.24, 2.45) is 0 Å². The van der Waals surface area contributed by atoms with Gasteiger partial charge in [0, 0.05) is 11.1 Å². The average molecular weight is 273 g/mol. The molecular formula is C10H6ClF5O. The normalized spacial score (nSPS) is 12.0. The summed E-state index contributed by atoms with van der Waals surface area (Å²) >= 11 is 5.41. The number of alkyl halides is 5. The smallest absolute Gasteiger partial charge is 0.294 e. The SMILES string of the molecule is CC(=O)c1c(C(F)(F)F)ccc(C(F)F)c1Cl. The zero-order chi connectivity index (χ0) is 13.4. The molecule has 0 spiro atoms. The molecule has 0 bridgehead atoms. The Morgan fingerprint density at radius 1 is 1.29 bits per heavy atom. The minimum absolute atomic E-state index is 0.435. The first-order chi connectivity index (χ1) is 7.66. The second-order valence-electron chi connectivity index (χ2n) is 3.25. The summed E-state index contributed by atoms with van der Waals surface area (Å²) in [5, 5.41) is -0.845. The van der Waals surface area contributed by atoms with Gasteiger partial charge in [0.05, 0.1) is 10.6 Å². The molecule has 0 saturated carbocycles. The van der Waals surface area contributed by atoms with Gasteiger partial charge in [-0.1, -0.05) is 17.7 Å². The molecule has 0 fully saturated rings. The summed E-state index contributed by atoms with van der Waals surface area (Å²) in [6.45, 7) is 0.839. The van der Waals surface area contributed by atoms with Crippen molar-refractivity contribution in [2.75, 3.05) is 0 Å². The van der Waals surface area contributed by atoms with Crippen molar-refractivity contribution in [2.45, 2.75) is 19.5 Å². The number of hydrogen-bond acceptors (Lipinski definition) is 1. The molecule has 17 heavy (non-hydrogen) atoms. The fourth-order valence-electron chi connectivity index (χ4n) is 1.34. The average Bonchev–Trinajstić information content (AvgIpc) is 2.14. The van der Waals surface area contributed by atoms with Gasteiger partial charge in [0.2, 0.25) is 0 Å². The van der Waals surface area contributed by atoms with Crippen LogP contribution in [0.4, 0.5) is 22.0 Å². The van der Waals surface area contributed by atoms with Gasteiger partial charge in [0.25, 0.3) is 6.43 Å². The number of Topliss-reactive ketones (excluding diaryl/α,β-unsaturated/α-hetero) is 1. The molecule has 1 aromatic rings. The van der Waals surface area contributed by atoms with E-state index in [1.54, 1.807) is 0 Å². The van der Waals surface area contributed by atoms with Crippen LogP contribution in [-0.2, 0) is 6.18 Å². The van der Waals surface area contributed by atoms with Gasteiger partial charge in [-0.15, -0.1) is 0 Å². The largest absolute Gasteiger partial charge is 0.417 e. The van der Waals surface area contributed by atoms with Gasteiger partial charge >= 0.3 is 6.18 Å². The van der Waals surface area contributed by atoms with Gasteiger partial charge in [0.15, 0.2) is 5.78 Å². The third-order valence-electron chi connectivity index (χ3n) is 2.06. The molecule has 7 heteroatoms. The first-order valence-electron chi connectivity index (χ1n) is 4.35. The molecule has 1 aromatic carbocycles. The Balaban J connectivity index is 3.57. The van der Waals surface area contributed by atoms with Crippen molar-refractivity contribution in [3.8, 4) is 0 Å². The van der Waals surface area contributed by atoms with Gasteiger partial charge in [-0.2, -0.15) is 13.2 Å². The zero-order valence-electron chi connectivity index (χ0n) is 8.41. The zero-order valence-corrected chi connectivity index (χ0v) is 9.16. The van der Waals surface area contributed by atoms with Crippen molar-refractivity contribution in [1.82, 2.24) is 0 Å². The summed E-state index contributed by atoms with van der Waals surface area (Å²) in [7, 11) is 0. The summed E-state index contributed by atoms with van der Waals surface area (Å²) in [4.78, 5) is 11.1. The van der Waals surface area contributed by atoms with E-state index in [1.807, 2.05) is 0 Å². The highest BCUT2D eigenvalue weighted by atomic mass is 35.5. The Labute approximate surface area is 98.2 Å². The molecule has 1 rings (SSSR count). The highest BCUT2D eigenvalue weighted by molar-refractivity contribution is 6.34. The number of halogens is 6. The van der Waals surface area contributed by atoms with E-state index in [0.29, 0.717) is 12.1 Å². The molecule has 0 heterocycles. The summed E-state index contributed by atoms with van der Waals surface area (Å²) in [6, 6.07) is 1.01. The molecule has 0 saturated heterocycles. The van der Waals surface area contributed by atoms with Crippen LogP contribution in [0.5, 0.6) is 0 Å². The molecule has 0 aromatic heterocycles. The van der Waals surface area contributed by atoms with E-state index in [-0.39, 0.29) is 0 Å². The maximum atomic E-state index is 12.5. The lowest BCUT2D eigenvalue weighted by Gasteiger charge is -2.14. The Hall–Kier alpha value is -1.17. The first kappa shape index (κ1) is 13.9. The fraction of sp³-hybridized carbons (Fsp3) is 0.300. The molecule has 0 aliphatic carbocycles. The molecule has 0 unspecified atom stereocenters. The predicted octanol–water partition coefficient (Wildman–Crippen LogP) is 4.50. The molecule has 0 radical (unpaired) electrons. The molecule has 0 N–H and O–H groups in total. The van der Waals surface area contributed by atoms with Crippen LogP contribution in [0.25, 0.3) is 0 Å². The van der Waals surface area contributed by atoms with Crippen LogP contribution in [0, 0.1) is 0 Å². The lowest BCUT2D eigenvalue weighted by atomic mass is 10.0. The molecule has 94 valence electrons. The summed E-state index contributed by atoms with van der Waals surface area (Å²) in [5.41, 5.74) is -3.01. The third kappa shape index (κ3) is 2.74. The van der Waals surface area contributed by atoms with E-state index < -0.39 is 40.1 Å². The van der Waals surface area contributed by atoms with Crippen LogP contribution in [0.2, 0.25) is 5.02 Å². The Morgan fingerprint density at radius 2 is 1.82 bits per heavy atom. The highest BCUT2D eigenvalue weighted by Crippen LogP contribution is 2.39. The Bertz CT molecular complexity index is 453. The first-order valence-corrected chi connectivity index (χ1v) is 4.72. The van der Waals surface area contributed by atoms with E-state index in [2.05, 4.69) is 0 Å². The summed E-state index contributed by atoms with van der Waals surface area (Å²) < 4.78 is 62.4. The van der Waals surface area contributed by atoms with Gasteiger partial charge < -0.3 is 0 Å². The number of ketones is 1. The van der Waals surface area contributed by atoms with Gasteiger partial charge in [0.1, 0.15) is 0 Å². The lowest BCUT2D eigenvalue weighted by molar-refractivity contribution is -0.137. The van der Waals surface area contributed by atoms with E-state index in [9.17, 15) is 26.7 Å². The maximum absolute atomic E-state index is 12.5. The van der Waals surface area contributed by atoms with E-state index in [0.717, 1.165) is 6.92 Å². The van der Waals surface area contributed by atoms with Crippen molar-refractivity contribution in [3.63, 3.8) is 0 Å². The van der Waals surface area contributed by atoms with Gasteiger partial charge in [-0.25, -0.2) is 8.78 Å². The molecule has 0 amide bonds. The fourth-order valence-corrected chi connectivity index (χ4v) is 1.72. The van der Waals surface area contributed by atoms with E-state index in [4.69, 9.17) is 11.6 Å². The number of carbonyl (C=O) groups excluding carboxylic acids is 1. The molecule has 1 nitrogen and oxygen atoms in total. The minimum Gasteiger partial charge on any atom is -0.294 e. The monoisotopic (exact) mass is 272 g/mol. The maximum Gasteiger partial charge on any atom is 0.417 e. The van der Waals surface area contributed by atoms with Crippen LogP contribution in [0.15, 0.2) is 12.1 Å². The van der Waals surface area contributed by atoms with Crippen LogP contribution < -0.4 is 0 Å². The molecular weight excluding hydrogens is 267 g/mol.